The Balaban J connectivity index is 1.60. The molecule has 1 aliphatic carbocycles. The molecular weight excluding hydrogens is 312 g/mol. The van der Waals surface area contributed by atoms with Crippen LogP contribution in [0.5, 0.6) is 5.75 Å². The van der Waals surface area contributed by atoms with Crippen LogP contribution in [0.25, 0.3) is 0 Å². The van der Waals surface area contributed by atoms with Crippen LogP contribution in [0.15, 0.2) is 29.3 Å². The maximum Gasteiger partial charge on any atom is 0.191 e. The number of methoxy groups -OCH3 is 1. The number of nitrogens with one attached hydrogen (secondary N) is 2. The topological polar surface area (TPSA) is 48.9 Å². The summed E-state index contributed by atoms with van der Waals surface area (Å²) in [6, 6.07) is 8.81. The molecule has 1 saturated heterocycles. The number of ether oxygens (including phenoxy) is 1. The fourth-order valence-electron chi connectivity index (χ4n) is 3.58. The van der Waals surface area contributed by atoms with Gasteiger partial charge in [0.15, 0.2) is 5.96 Å². The van der Waals surface area contributed by atoms with Crippen molar-refractivity contribution in [2.75, 3.05) is 40.3 Å². The molecule has 5 nitrogen and oxygen atoms in total. The lowest BCUT2D eigenvalue weighted by Crippen LogP contribution is -2.43. The van der Waals surface area contributed by atoms with Gasteiger partial charge in [0.05, 0.1) is 13.2 Å². The standard InChI is InChI=1S/C20H32N4O/c1-21-20(22-11-10-16-8-9-16)23-15-19(24-12-3-4-13-24)17-6-5-7-18(14-17)25-2/h5-7,14,16,19H,3-4,8-13,15H2,1-2H3,(H2,21,22,23). The Morgan fingerprint density at radius 3 is 2.76 bits per heavy atom. The molecule has 2 aliphatic rings. The molecule has 3 rings (SSSR count). The number of rotatable bonds is 8. The van der Waals surface area contributed by atoms with Crippen molar-refractivity contribution in [3.8, 4) is 5.75 Å². The molecule has 2 N–H and O–H groups in total. The second-order valence-electron chi connectivity index (χ2n) is 7.15. The van der Waals surface area contributed by atoms with Crippen LogP contribution in [-0.2, 0) is 0 Å². The van der Waals surface area contributed by atoms with Gasteiger partial charge in [-0.05, 0) is 56.0 Å². The van der Waals surface area contributed by atoms with Crippen LogP contribution in [0.3, 0.4) is 0 Å². The van der Waals surface area contributed by atoms with Crippen molar-refractivity contribution in [3.63, 3.8) is 0 Å². The molecule has 1 saturated carbocycles. The van der Waals surface area contributed by atoms with Crippen molar-refractivity contribution in [1.82, 2.24) is 15.5 Å². The quantitative estimate of drug-likeness (QED) is 0.562. The second-order valence-corrected chi connectivity index (χ2v) is 7.15. The fraction of sp³-hybridized carbons (Fsp3) is 0.650. The molecule has 138 valence electrons. The molecule has 0 bridgehead atoms. The first kappa shape index (κ1) is 18.1. The van der Waals surface area contributed by atoms with E-state index in [1.54, 1.807) is 7.11 Å². The van der Waals surface area contributed by atoms with E-state index >= 15 is 0 Å². The van der Waals surface area contributed by atoms with Crippen molar-refractivity contribution >= 4 is 5.96 Å². The van der Waals surface area contributed by atoms with Crippen LogP contribution in [0.1, 0.15) is 43.7 Å². The van der Waals surface area contributed by atoms with Crippen LogP contribution in [0.2, 0.25) is 0 Å². The average molecular weight is 345 g/mol. The van der Waals surface area contributed by atoms with Gasteiger partial charge < -0.3 is 15.4 Å². The Kier molecular flexibility index (Phi) is 6.56. The summed E-state index contributed by atoms with van der Waals surface area (Å²) in [5, 5.41) is 6.99. The van der Waals surface area contributed by atoms with Crippen LogP contribution in [0.4, 0.5) is 0 Å². The van der Waals surface area contributed by atoms with Crippen LogP contribution < -0.4 is 15.4 Å². The van der Waals surface area contributed by atoms with E-state index in [4.69, 9.17) is 4.74 Å². The summed E-state index contributed by atoms with van der Waals surface area (Å²) in [5.74, 6) is 2.78. The van der Waals surface area contributed by atoms with E-state index < -0.39 is 0 Å². The predicted molar refractivity (Wildman–Crippen MR) is 103 cm³/mol. The van der Waals surface area contributed by atoms with Crippen LogP contribution in [-0.4, -0.2) is 51.2 Å². The minimum absolute atomic E-state index is 0.347. The molecule has 0 aromatic heterocycles. The highest BCUT2D eigenvalue weighted by Crippen LogP contribution is 2.31. The van der Waals surface area contributed by atoms with Gasteiger partial charge >= 0.3 is 0 Å². The smallest absolute Gasteiger partial charge is 0.191 e. The monoisotopic (exact) mass is 344 g/mol. The fourth-order valence-corrected chi connectivity index (χ4v) is 3.58. The molecular formula is C20H32N4O. The normalized spacial score (nSPS) is 19.7. The third-order valence-corrected chi connectivity index (χ3v) is 5.29. The Bertz CT molecular complexity index is 565. The lowest BCUT2D eigenvalue weighted by atomic mass is 10.1. The number of likely N-dealkylation sites (tertiary alicyclic amines) is 1. The molecule has 1 atom stereocenters. The molecule has 1 aromatic carbocycles. The molecule has 1 unspecified atom stereocenters. The predicted octanol–water partition coefficient (Wildman–Crippen LogP) is 2.80. The zero-order chi connectivity index (χ0) is 17.5. The summed E-state index contributed by atoms with van der Waals surface area (Å²) >= 11 is 0. The molecule has 0 spiro atoms. The van der Waals surface area contributed by atoms with E-state index in [9.17, 15) is 0 Å². The Labute approximate surface area is 151 Å². The highest BCUT2D eigenvalue weighted by molar-refractivity contribution is 5.79. The number of hydrogen-bond acceptors (Lipinski definition) is 3. The van der Waals surface area contributed by atoms with Gasteiger partial charge in [0.25, 0.3) is 0 Å². The molecule has 0 radical (unpaired) electrons. The van der Waals surface area contributed by atoms with Gasteiger partial charge in [0.2, 0.25) is 0 Å². The highest BCUT2D eigenvalue weighted by Gasteiger charge is 2.24. The minimum Gasteiger partial charge on any atom is -0.497 e. The third kappa shape index (κ3) is 5.36. The van der Waals surface area contributed by atoms with E-state index in [-0.39, 0.29) is 0 Å². The molecule has 0 amide bonds. The summed E-state index contributed by atoms with van der Waals surface area (Å²) < 4.78 is 5.42. The first-order chi connectivity index (χ1) is 12.3. The number of guanidine groups is 1. The van der Waals surface area contributed by atoms with Gasteiger partial charge in [-0.25, -0.2) is 0 Å². The minimum atomic E-state index is 0.347. The Morgan fingerprint density at radius 2 is 2.08 bits per heavy atom. The van der Waals surface area contributed by atoms with Gasteiger partial charge in [-0.2, -0.15) is 0 Å². The Hall–Kier alpha value is -1.75. The summed E-state index contributed by atoms with van der Waals surface area (Å²) in [6.45, 7) is 4.20. The average Bonchev–Trinajstić information content (AvgIpc) is 3.32. The first-order valence-electron chi connectivity index (χ1n) is 9.62. The largest absolute Gasteiger partial charge is 0.497 e. The number of hydrogen-bond donors (Lipinski definition) is 2. The number of nitrogens with zero attached hydrogens (tertiary/aromatic N) is 2. The molecule has 1 aromatic rings. The summed E-state index contributed by atoms with van der Waals surface area (Å²) in [5.41, 5.74) is 1.31. The molecule has 2 fully saturated rings. The van der Waals surface area contributed by atoms with Gasteiger partial charge in [0, 0.05) is 20.1 Å². The van der Waals surface area contributed by atoms with Crippen LogP contribution in [0, 0.1) is 5.92 Å². The summed E-state index contributed by atoms with van der Waals surface area (Å²) in [6.07, 6.45) is 6.64. The van der Waals surface area contributed by atoms with E-state index in [1.807, 2.05) is 13.1 Å². The maximum atomic E-state index is 5.42. The van der Waals surface area contributed by atoms with Crippen molar-refractivity contribution in [3.05, 3.63) is 29.8 Å². The zero-order valence-corrected chi connectivity index (χ0v) is 15.6. The maximum absolute atomic E-state index is 5.42. The highest BCUT2D eigenvalue weighted by atomic mass is 16.5. The summed E-state index contributed by atoms with van der Waals surface area (Å²) in [4.78, 5) is 6.95. The number of aliphatic imine (C=N–C) groups is 1. The van der Waals surface area contributed by atoms with Crippen molar-refractivity contribution in [2.24, 2.45) is 10.9 Å². The van der Waals surface area contributed by atoms with Gasteiger partial charge in [-0.1, -0.05) is 25.0 Å². The van der Waals surface area contributed by atoms with Gasteiger partial charge in [0.1, 0.15) is 5.75 Å². The lowest BCUT2D eigenvalue weighted by molar-refractivity contribution is 0.245. The SMILES string of the molecule is CN=C(NCCC1CC1)NCC(c1cccc(OC)c1)N1CCCC1. The van der Waals surface area contributed by atoms with E-state index in [1.165, 1.54) is 37.7 Å². The molecule has 5 heteroatoms. The molecule has 25 heavy (non-hydrogen) atoms. The van der Waals surface area contributed by atoms with Crippen molar-refractivity contribution in [1.29, 1.82) is 0 Å². The number of benzene rings is 1. The molecule has 1 heterocycles. The van der Waals surface area contributed by atoms with E-state index in [0.717, 1.165) is 43.8 Å². The van der Waals surface area contributed by atoms with Crippen LogP contribution >= 0.6 is 0 Å². The van der Waals surface area contributed by atoms with E-state index in [0.29, 0.717) is 6.04 Å². The van der Waals surface area contributed by atoms with Gasteiger partial charge in [-0.3, -0.25) is 9.89 Å². The zero-order valence-electron chi connectivity index (χ0n) is 15.6. The van der Waals surface area contributed by atoms with Gasteiger partial charge in [-0.15, -0.1) is 0 Å². The molecule has 1 aliphatic heterocycles. The first-order valence-corrected chi connectivity index (χ1v) is 9.62. The van der Waals surface area contributed by atoms with Crippen molar-refractivity contribution in [2.45, 2.75) is 38.1 Å². The second kappa shape index (κ2) is 9.09. The summed E-state index contributed by atoms with van der Waals surface area (Å²) in [7, 11) is 3.58. The third-order valence-electron chi connectivity index (χ3n) is 5.29. The van der Waals surface area contributed by atoms with E-state index in [2.05, 4.69) is 38.7 Å². The van der Waals surface area contributed by atoms with Crippen molar-refractivity contribution < 1.29 is 4.74 Å². The Morgan fingerprint density at radius 1 is 1.28 bits per heavy atom. The lowest BCUT2D eigenvalue weighted by Gasteiger charge is -2.29.